The summed E-state index contributed by atoms with van der Waals surface area (Å²) in [6, 6.07) is 0.336. The lowest BCUT2D eigenvalue weighted by Crippen LogP contribution is -2.20. The molecule has 0 fully saturated rings. The molecule has 0 amide bonds. The van der Waals surface area contributed by atoms with Crippen LogP contribution in [-0.2, 0) is 0 Å². The molecular weight excluding hydrogens is 230 g/mol. The molecule has 0 atom stereocenters. The molecule has 0 aliphatic rings. The van der Waals surface area contributed by atoms with Crippen molar-refractivity contribution in [3.05, 3.63) is 18.7 Å². The molecule has 0 aromatic carbocycles. The summed E-state index contributed by atoms with van der Waals surface area (Å²) in [4.78, 5) is 16.4. The molecule has 0 radical (unpaired) electrons. The van der Waals surface area contributed by atoms with Gasteiger partial charge in [-0.2, -0.15) is 15.0 Å². The monoisotopic (exact) mass is 247 g/mol. The van der Waals surface area contributed by atoms with Crippen molar-refractivity contribution >= 4 is 11.9 Å². The first-order valence-corrected chi connectivity index (χ1v) is 5.99. The van der Waals surface area contributed by atoms with Crippen molar-refractivity contribution in [2.24, 2.45) is 0 Å². The Balaban J connectivity index is 2.27. The van der Waals surface area contributed by atoms with E-state index in [4.69, 9.17) is 5.73 Å². The number of anilines is 2. The summed E-state index contributed by atoms with van der Waals surface area (Å²) in [5.74, 6) is 1.16. The lowest BCUT2D eigenvalue weighted by Gasteiger charge is -2.15. The van der Waals surface area contributed by atoms with Crippen molar-refractivity contribution in [1.82, 2.24) is 24.5 Å². The summed E-state index contributed by atoms with van der Waals surface area (Å²) < 4.78 is 1.69. The van der Waals surface area contributed by atoms with Gasteiger partial charge in [0.2, 0.25) is 17.8 Å². The number of nitrogen functional groups attached to an aromatic ring is 1. The Bertz CT molecular complexity index is 490. The van der Waals surface area contributed by atoms with E-state index < -0.39 is 0 Å². The summed E-state index contributed by atoms with van der Waals surface area (Å²) in [7, 11) is 0. The van der Waals surface area contributed by atoms with Crippen LogP contribution in [0.4, 0.5) is 11.9 Å². The van der Waals surface area contributed by atoms with Crippen molar-refractivity contribution in [3.63, 3.8) is 0 Å². The van der Waals surface area contributed by atoms with Crippen molar-refractivity contribution in [2.75, 3.05) is 11.1 Å². The number of nitrogens with two attached hydrogens (primary N) is 1. The van der Waals surface area contributed by atoms with Crippen LogP contribution in [0.1, 0.15) is 26.7 Å². The Morgan fingerprint density at radius 1 is 1.28 bits per heavy atom. The summed E-state index contributed by atoms with van der Waals surface area (Å²) in [6.07, 6.45) is 7.05. The van der Waals surface area contributed by atoms with Crippen molar-refractivity contribution < 1.29 is 0 Å². The van der Waals surface area contributed by atoms with Gasteiger partial charge < -0.3 is 11.1 Å². The molecule has 7 heteroatoms. The number of aromatic nitrogens is 5. The van der Waals surface area contributed by atoms with Crippen LogP contribution in [-0.4, -0.2) is 30.5 Å². The number of hydrogen-bond donors (Lipinski definition) is 2. The zero-order valence-electron chi connectivity index (χ0n) is 10.5. The maximum Gasteiger partial charge on any atom is 0.241 e. The van der Waals surface area contributed by atoms with Crippen LogP contribution >= 0.6 is 0 Å². The Hall–Kier alpha value is -2.18. The fourth-order valence-electron chi connectivity index (χ4n) is 1.61. The first-order valence-electron chi connectivity index (χ1n) is 5.99. The minimum Gasteiger partial charge on any atom is -0.368 e. The first-order chi connectivity index (χ1) is 8.72. The third-order valence-electron chi connectivity index (χ3n) is 2.70. The quantitative estimate of drug-likeness (QED) is 0.825. The summed E-state index contributed by atoms with van der Waals surface area (Å²) in [6.45, 7) is 4.23. The molecule has 0 saturated carbocycles. The number of nitrogens with zero attached hydrogens (tertiary/aromatic N) is 5. The highest BCUT2D eigenvalue weighted by Crippen LogP contribution is 2.10. The normalized spacial score (nSPS) is 10.8. The highest BCUT2D eigenvalue weighted by atomic mass is 15.3. The molecule has 0 spiro atoms. The summed E-state index contributed by atoms with van der Waals surface area (Å²) in [5, 5.41) is 3.25. The van der Waals surface area contributed by atoms with Gasteiger partial charge in [0.1, 0.15) is 6.33 Å². The minimum absolute atomic E-state index is 0.196. The van der Waals surface area contributed by atoms with Gasteiger partial charge in [-0.05, 0) is 12.8 Å². The zero-order valence-corrected chi connectivity index (χ0v) is 10.5. The van der Waals surface area contributed by atoms with E-state index in [1.165, 1.54) is 0 Å². The van der Waals surface area contributed by atoms with E-state index in [-0.39, 0.29) is 5.95 Å². The molecule has 2 heterocycles. The van der Waals surface area contributed by atoms with Crippen LogP contribution < -0.4 is 11.1 Å². The number of hydrogen-bond acceptors (Lipinski definition) is 6. The summed E-state index contributed by atoms with van der Waals surface area (Å²) in [5.41, 5.74) is 5.69. The second-order valence-electron chi connectivity index (χ2n) is 3.94. The Morgan fingerprint density at radius 2 is 2.06 bits per heavy atom. The van der Waals surface area contributed by atoms with E-state index >= 15 is 0 Å². The van der Waals surface area contributed by atoms with Crippen LogP contribution in [0.15, 0.2) is 18.7 Å². The largest absolute Gasteiger partial charge is 0.368 e. The van der Waals surface area contributed by atoms with E-state index in [1.807, 2.05) is 0 Å². The van der Waals surface area contributed by atoms with Crippen LogP contribution in [0.5, 0.6) is 0 Å². The maximum atomic E-state index is 5.69. The molecular formula is C11H17N7. The van der Waals surface area contributed by atoms with E-state index in [0.717, 1.165) is 12.8 Å². The van der Waals surface area contributed by atoms with Gasteiger partial charge in [0, 0.05) is 18.4 Å². The third kappa shape index (κ3) is 2.73. The molecule has 3 N–H and O–H groups in total. The lowest BCUT2D eigenvalue weighted by atomic mass is 10.2. The van der Waals surface area contributed by atoms with Crippen LogP contribution in [0, 0.1) is 0 Å². The standard InChI is InChI=1S/C11H17N7/c1-3-8(4-2)14-10-15-9(12)16-11(17-10)18-6-5-13-7-18/h5-8H,3-4H2,1-2H3,(H3,12,14,15,16,17). The maximum absolute atomic E-state index is 5.69. The van der Waals surface area contributed by atoms with E-state index in [1.54, 1.807) is 23.3 Å². The molecule has 0 saturated heterocycles. The average Bonchev–Trinajstić information content (AvgIpc) is 2.89. The molecule has 2 aromatic rings. The molecule has 0 aliphatic heterocycles. The Morgan fingerprint density at radius 3 is 2.67 bits per heavy atom. The molecule has 18 heavy (non-hydrogen) atoms. The molecule has 2 aromatic heterocycles. The van der Waals surface area contributed by atoms with Gasteiger partial charge in [-0.3, -0.25) is 4.57 Å². The Labute approximate surface area is 106 Å². The van der Waals surface area contributed by atoms with Gasteiger partial charge in [-0.25, -0.2) is 4.98 Å². The van der Waals surface area contributed by atoms with Crippen LogP contribution in [0.25, 0.3) is 5.95 Å². The molecule has 96 valence electrons. The molecule has 0 unspecified atom stereocenters. The third-order valence-corrected chi connectivity index (χ3v) is 2.70. The molecule has 0 aliphatic carbocycles. The van der Waals surface area contributed by atoms with Gasteiger partial charge >= 0.3 is 0 Å². The number of rotatable bonds is 5. The fraction of sp³-hybridized carbons (Fsp3) is 0.455. The first kappa shape index (κ1) is 12.3. The lowest BCUT2D eigenvalue weighted by molar-refractivity contribution is 0.663. The second kappa shape index (κ2) is 5.44. The van der Waals surface area contributed by atoms with E-state index in [2.05, 4.69) is 39.1 Å². The topological polar surface area (TPSA) is 94.5 Å². The smallest absolute Gasteiger partial charge is 0.241 e. The summed E-state index contributed by atoms with van der Waals surface area (Å²) >= 11 is 0. The second-order valence-corrected chi connectivity index (χ2v) is 3.94. The van der Waals surface area contributed by atoms with E-state index in [9.17, 15) is 0 Å². The fourth-order valence-corrected chi connectivity index (χ4v) is 1.61. The van der Waals surface area contributed by atoms with Gasteiger partial charge in [0.15, 0.2) is 0 Å². The van der Waals surface area contributed by atoms with E-state index in [0.29, 0.717) is 17.9 Å². The van der Waals surface area contributed by atoms with Gasteiger partial charge in [-0.1, -0.05) is 13.8 Å². The zero-order chi connectivity index (χ0) is 13.0. The van der Waals surface area contributed by atoms with Gasteiger partial charge in [0.05, 0.1) is 0 Å². The SMILES string of the molecule is CCC(CC)Nc1nc(N)nc(-n2ccnc2)n1. The number of imidazole rings is 1. The van der Waals surface area contributed by atoms with Crippen LogP contribution in [0.2, 0.25) is 0 Å². The van der Waals surface area contributed by atoms with Gasteiger partial charge in [0.25, 0.3) is 0 Å². The van der Waals surface area contributed by atoms with Crippen molar-refractivity contribution in [3.8, 4) is 5.95 Å². The predicted octanol–water partition coefficient (Wildman–Crippen LogP) is 1.24. The average molecular weight is 247 g/mol. The highest BCUT2D eigenvalue weighted by molar-refractivity contribution is 5.35. The minimum atomic E-state index is 0.196. The van der Waals surface area contributed by atoms with Crippen molar-refractivity contribution in [1.29, 1.82) is 0 Å². The predicted molar refractivity (Wildman–Crippen MR) is 69.4 cm³/mol. The van der Waals surface area contributed by atoms with Gasteiger partial charge in [-0.15, -0.1) is 0 Å². The molecule has 0 bridgehead atoms. The molecule has 2 rings (SSSR count). The number of nitrogens with one attached hydrogen (secondary N) is 1. The Kier molecular flexibility index (Phi) is 3.71. The van der Waals surface area contributed by atoms with Crippen LogP contribution in [0.3, 0.4) is 0 Å². The van der Waals surface area contributed by atoms with Crippen molar-refractivity contribution in [2.45, 2.75) is 32.7 Å². The highest BCUT2D eigenvalue weighted by Gasteiger charge is 2.09. The molecule has 7 nitrogen and oxygen atoms in total.